The maximum absolute atomic E-state index is 11.1. The monoisotopic (exact) mass is 402 g/mol. The third-order valence-corrected chi connectivity index (χ3v) is 5.09. The number of likely N-dealkylation sites (tertiary alicyclic amines) is 1. The molecule has 0 aliphatic carbocycles. The van der Waals surface area contributed by atoms with Gasteiger partial charge in [0.1, 0.15) is 18.1 Å². The van der Waals surface area contributed by atoms with Crippen LogP contribution in [0.2, 0.25) is 0 Å². The second-order valence-corrected chi connectivity index (χ2v) is 6.78. The molecule has 4 rings (SSSR count). The molecule has 0 saturated carbocycles. The van der Waals surface area contributed by atoms with Crippen LogP contribution in [-0.4, -0.2) is 76.0 Å². The van der Waals surface area contributed by atoms with E-state index < -0.39 is 6.09 Å². The van der Waals surface area contributed by atoms with Gasteiger partial charge in [-0.15, -0.1) is 0 Å². The standard InChI is InChI=1S/C18H22N6O5/c1-27-16-14(7-19-17(22-16)28-2)23-6-4-13-12(9-23)15(21-10-20-13)29-11-3-5-24(8-11)18(25)26/h7,10-11H,3-6,8-9H2,1-2H3,(H,25,26)/t11-/m0/s1. The third kappa shape index (κ3) is 3.80. The smallest absolute Gasteiger partial charge is 0.407 e. The molecule has 11 heteroatoms. The maximum Gasteiger partial charge on any atom is 0.407 e. The van der Waals surface area contributed by atoms with E-state index in [1.807, 2.05) is 0 Å². The number of ether oxygens (including phenoxy) is 3. The zero-order valence-corrected chi connectivity index (χ0v) is 16.2. The molecule has 154 valence electrons. The van der Waals surface area contributed by atoms with Crippen LogP contribution in [0.25, 0.3) is 0 Å². The summed E-state index contributed by atoms with van der Waals surface area (Å²) in [7, 11) is 3.05. The molecule has 29 heavy (non-hydrogen) atoms. The first-order valence-electron chi connectivity index (χ1n) is 9.26. The van der Waals surface area contributed by atoms with Crippen LogP contribution in [0.15, 0.2) is 12.5 Å². The average molecular weight is 402 g/mol. The molecule has 11 nitrogen and oxygen atoms in total. The van der Waals surface area contributed by atoms with E-state index >= 15 is 0 Å². The second kappa shape index (κ2) is 7.94. The lowest BCUT2D eigenvalue weighted by atomic mass is 10.1. The number of amides is 1. The van der Waals surface area contributed by atoms with Gasteiger partial charge in [-0.2, -0.15) is 4.98 Å². The summed E-state index contributed by atoms with van der Waals surface area (Å²) in [5, 5.41) is 9.14. The Balaban J connectivity index is 1.56. The van der Waals surface area contributed by atoms with E-state index in [4.69, 9.17) is 19.3 Å². The van der Waals surface area contributed by atoms with E-state index in [-0.39, 0.29) is 12.1 Å². The molecule has 2 aliphatic heterocycles. The number of anilines is 1. The lowest BCUT2D eigenvalue weighted by Crippen LogP contribution is -2.33. The van der Waals surface area contributed by atoms with Gasteiger partial charge in [-0.05, 0) is 0 Å². The molecule has 1 fully saturated rings. The third-order valence-electron chi connectivity index (χ3n) is 5.09. The highest BCUT2D eigenvalue weighted by molar-refractivity contribution is 5.65. The van der Waals surface area contributed by atoms with Crippen LogP contribution in [0.1, 0.15) is 17.7 Å². The van der Waals surface area contributed by atoms with Crippen molar-refractivity contribution in [2.75, 3.05) is 38.8 Å². The van der Waals surface area contributed by atoms with E-state index in [1.54, 1.807) is 13.3 Å². The van der Waals surface area contributed by atoms with Crippen LogP contribution in [0.3, 0.4) is 0 Å². The zero-order chi connectivity index (χ0) is 20.4. The van der Waals surface area contributed by atoms with Crippen molar-refractivity contribution >= 4 is 11.8 Å². The molecular weight excluding hydrogens is 380 g/mol. The minimum Gasteiger partial charge on any atom is -0.479 e. The number of hydrogen-bond acceptors (Lipinski definition) is 9. The van der Waals surface area contributed by atoms with Gasteiger partial charge in [0.25, 0.3) is 0 Å². The van der Waals surface area contributed by atoms with Gasteiger partial charge in [0, 0.05) is 25.9 Å². The van der Waals surface area contributed by atoms with Crippen molar-refractivity contribution in [1.29, 1.82) is 0 Å². The molecule has 2 aromatic heterocycles. The molecule has 1 atom stereocenters. The molecule has 2 aromatic rings. The molecule has 0 bridgehead atoms. The zero-order valence-electron chi connectivity index (χ0n) is 16.2. The summed E-state index contributed by atoms with van der Waals surface area (Å²) < 4.78 is 16.5. The number of fused-ring (bicyclic) bond motifs is 1. The molecule has 1 amide bonds. The summed E-state index contributed by atoms with van der Waals surface area (Å²) in [6.07, 6.45) is 3.34. The van der Waals surface area contributed by atoms with Crippen molar-refractivity contribution in [2.45, 2.75) is 25.5 Å². The van der Waals surface area contributed by atoms with Crippen molar-refractivity contribution in [1.82, 2.24) is 24.8 Å². The van der Waals surface area contributed by atoms with Crippen molar-refractivity contribution in [2.24, 2.45) is 0 Å². The van der Waals surface area contributed by atoms with Gasteiger partial charge in [0.2, 0.25) is 11.8 Å². The SMILES string of the molecule is COc1ncc(N2CCc3ncnc(O[C@H]4CCN(C(=O)O)C4)c3C2)c(OC)n1. The van der Waals surface area contributed by atoms with Gasteiger partial charge in [0.15, 0.2) is 0 Å². The highest BCUT2D eigenvalue weighted by Gasteiger charge is 2.30. The minimum absolute atomic E-state index is 0.223. The van der Waals surface area contributed by atoms with Gasteiger partial charge in [-0.3, -0.25) is 0 Å². The number of carbonyl (C=O) groups is 1. The van der Waals surface area contributed by atoms with E-state index in [2.05, 4.69) is 24.8 Å². The van der Waals surface area contributed by atoms with E-state index in [0.29, 0.717) is 50.8 Å². The number of aromatic nitrogens is 4. The summed E-state index contributed by atoms with van der Waals surface area (Å²) in [5.41, 5.74) is 2.55. The fraction of sp³-hybridized carbons (Fsp3) is 0.500. The fourth-order valence-corrected chi connectivity index (χ4v) is 3.59. The number of carboxylic acid groups (broad SMARTS) is 1. The topological polar surface area (TPSA) is 123 Å². The predicted octanol–water partition coefficient (Wildman–Crippen LogP) is 0.978. The first kappa shape index (κ1) is 19.0. The quantitative estimate of drug-likeness (QED) is 0.774. The Hall–Kier alpha value is -3.37. The van der Waals surface area contributed by atoms with Crippen molar-refractivity contribution in [3.05, 3.63) is 23.8 Å². The predicted molar refractivity (Wildman–Crippen MR) is 101 cm³/mol. The first-order chi connectivity index (χ1) is 14.1. The van der Waals surface area contributed by atoms with E-state index in [9.17, 15) is 4.79 Å². The molecular formula is C18H22N6O5. The van der Waals surface area contributed by atoms with Gasteiger partial charge in [-0.1, -0.05) is 0 Å². The molecule has 0 unspecified atom stereocenters. The van der Waals surface area contributed by atoms with Crippen LogP contribution in [0.5, 0.6) is 17.8 Å². The van der Waals surface area contributed by atoms with E-state index in [1.165, 1.54) is 18.3 Å². The molecule has 0 aromatic carbocycles. The number of methoxy groups -OCH3 is 2. The fourth-order valence-electron chi connectivity index (χ4n) is 3.59. The van der Waals surface area contributed by atoms with Gasteiger partial charge < -0.3 is 29.1 Å². The highest BCUT2D eigenvalue weighted by Crippen LogP contribution is 2.33. The Bertz CT molecular complexity index is 910. The van der Waals surface area contributed by atoms with Crippen LogP contribution in [0.4, 0.5) is 10.5 Å². The summed E-state index contributed by atoms with van der Waals surface area (Å²) in [6, 6.07) is 0.236. The Labute approximate surface area is 167 Å². The summed E-state index contributed by atoms with van der Waals surface area (Å²) in [6.45, 7) is 2.01. The minimum atomic E-state index is -0.932. The van der Waals surface area contributed by atoms with Crippen molar-refractivity contribution < 1.29 is 24.1 Å². The molecule has 4 heterocycles. The lowest BCUT2D eigenvalue weighted by Gasteiger charge is -2.31. The summed E-state index contributed by atoms with van der Waals surface area (Å²) in [5.74, 6) is 0.915. The Morgan fingerprint density at radius 2 is 2.03 bits per heavy atom. The summed E-state index contributed by atoms with van der Waals surface area (Å²) >= 11 is 0. The van der Waals surface area contributed by atoms with E-state index in [0.717, 1.165) is 16.9 Å². The number of rotatable bonds is 5. The van der Waals surface area contributed by atoms with Crippen LogP contribution in [0, 0.1) is 0 Å². The largest absolute Gasteiger partial charge is 0.479 e. The average Bonchev–Trinajstić information content (AvgIpc) is 3.22. The Morgan fingerprint density at radius 3 is 2.76 bits per heavy atom. The van der Waals surface area contributed by atoms with Crippen LogP contribution in [-0.2, 0) is 13.0 Å². The number of hydrogen-bond donors (Lipinski definition) is 1. The Kier molecular flexibility index (Phi) is 5.19. The van der Waals surface area contributed by atoms with Gasteiger partial charge >= 0.3 is 12.1 Å². The maximum atomic E-state index is 11.1. The van der Waals surface area contributed by atoms with Crippen molar-refractivity contribution in [3.63, 3.8) is 0 Å². The molecule has 0 radical (unpaired) electrons. The van der Waals surface area contributed by atoms with Gasteiger partial charge in [-0.25, -0.2) is 19.7 Å². The normalized spacial score (nSPS) is 18.3. The van der Waals surface area contributed by atoms with Crippen molar-refractivity contribution in [3.8, 4) is 17.8 Å². The molecule has 2 aliphatic rings. The second-order valence-electron chi connectivity index (χ2n) is 6.78. The summed E-state index contributed by atoms with van der Waals surface area (Å²) in [4.78, 5) is 31.7. The Morgan fingerprint density at radius 1 is 1.17 bits per heavy atom. The molecule has 1 saturated heterocycles. The van der Waals surface area contributed by atoms with Gasteiger partial charge in [0.05, 0.1) is 44.8 Å². The first-order valence-corrected chi connectivity index (χ1v) is 9.26. The molecule has 1 N–H and O–H groups in total. The molecule has 0 spiro atoms. The highest BCUT2D eigenvalue weighted by atomic mass is 16.5. The van der Waals surface area contributed by atoms with Crippen LogP contribution < -0.4 is 19.1 Å². The lowest BCUT2D eigenvalue weighted by molar-refractivity contribution is 0.144. The number of nitrogens with zero attached hydrogens (tertiary/aromatic N) is 6. The van der Waals surface area contributed by atoms with Crippen LogP contribution >= 0.6 is 0 Å².